The fraction of sp³-hybridized carbons (Fsp3) is 0.750. The third-order valence-corrected chi connectivity index (χ3v) is 2.95. The number of aromatic nitrogens is 1. The van der Waals surface area contributed by atoms with Crippen LogP contribution in [-0.4, -0.2) is 24.2 Å². The highest BCUT2D eigenvalue weighted by molar-refractivity contribution is 5.08. The van der Waals surface area contributed by atoms with Crippen molar-refractivity contribution < 1.29 is 9.15 Å². The molecule has 1 atom stereocenters. The zero-order valence-electron chi connectivity index (χ0n) is 9.87. The van der Waals surface area contributed by atoms with Crippen LogP contribution in [-0.2, 0) is 17.7 Å². The highest BCUT2D eigenvalue weighted by Gasteiger charge is 2.18. The van der Waals surface area contributed by atoms with Gasteiger partial charge < -0.3 is 14.5 Å². The van der Waals surface area contributed by atoms with E-state index in [0.717, 1.165) is 44.0 Å². The lowest BCUT2D eigenvalue weighted by atomic mass is 10.0. The molecular weight excluding hydrogens is 204 g/mol. The van der Waals surface area contributed by atoms with Crippen molar-refractivity contribution in [3.05, 3.63) is 17.8 Å². The summed E-state index contributed by atoms with van der Waals surface area (Å²) in [5.41, 5.74) is 1.02. The Hall–Kier alpha value is -0.870. The minimum atomic E-state index is 0.321. The number of nitrogens with one attached hydrogen (secondary N) is 1. The number of rotatable bonds is 5. The maximum atomic E-state index is 5.70. The van der Waals surface area contributed by atoms with Crippen molar-refractivity contribution in [1.29, 1.82) is 0 Å². The molecule has 0 aromatic carbocycles. The van der Waals surface area contributed by atoms with Gasteiger partial charge in [0.1, 0.15) is 5.76 Å². The summed E-state index contributed by atoms with van der Waals surface area (Å²) in [6.07, 6.45) is 6.31. The minimum absolute atomic E-state index is 0.321. The first-order valence-electron chi connectivity index (χ1n) is 6.13. The van der Waals surface area contributed by atoms with Gasteiger partial charge in [-0.15, -0.1) is 0 Å². The van der Waals surface area contributed by atoms with Gasteiger partial charge in [0, 0.05) is 19.6 Å². The Balaban J connectivity index is 1.89. The summed E-state index contributed by atoms with van der Waals surface area (Å²) in [6.45, 7) is 4.71. The monoisotopic (exact) mass is 224 g/mol. The third-order valence-electron chi connectivity index (χ3n) is 2.95. The van der Waals surface area contributed by atoms with Gasteiger partial charge in [0.2, 0.25) is 0 Å². The molecule has 2 heterocycles. The number of hydrogen-bond donors (Lipinski definition) is 1. The smallest absolute Gasteiger partial charge is 0.181 e. The van der Waals surface area contributed by atoms with Gasteiger partial charge in [-0.05, 0) is 25.8 Å². The van der Waals surface area contributed by atoms with Crippen LogP contribution in [0.1, 0.15) is 37.6 Å². The summed E-state index contributed by atoms with van der Waals surface area (Å²) in [5, 5.41) is 3.26. The van der Waals surface area contributed by atoms with E-state index in [-0.39, 0.29) is 0 Å². The van der Waals surface area contributed by atoms with Gasteiger partial charge >= 0.3 is 0 Å². The predicted molar refractivity (Wildman–Crippen MR) is 61.2 cm³/mol. The molecule has 1 unspecified atom stereocenters. The molecule has 1 aromatic heterocycles. The Labute approximate surface area is 96.4 Å². The third kappa shape index (κ3) is 3.06. The standard InChI is InChI=1S/C12H20N2O2/c1-2-13-8-11-12(16-9-14-11)7-10-5-3-4-6-15-10/h9-10,13H,2-8H2,1H3. The molecule has 0 bridgehead atoms. The molecule has 0 spiro atoms. The summed E-state index contributed by atoms with van der Waals surface area (Å²) < 4.78 is 11.1. The summed E-state index contributed by atoms with van der Waals surface area (Å²) in [7, 11) is 0. The van der Waals surface area contributed by atoms with Gasteiger partial charge in [0.05, 0.1) is 11.8 Å². The van der Waals surface area contributed by atoms with E-state index < -0.39 is 0 Å². The minimum Gasteiger partial charge on any atom is -0.448 e. The molecule has 0 saturated carbocycles. The molecule has 1 saturated heterocycles. The van der Waals surface area contributed by atoms with Crippen molar-refractivity contribution in [2.45, 2.75) is 45.3 Å². The first-order chi connectivity index (χ1) is 7.90. The Morgan fingerprint density at radius 1 is 1.50 bits per heavy atom. The average molecular weight is 224 g/mol. The SMILES string of the molecule is CCNCc1ncoc1CC1CCCCO1. The van der Waals surface area contributed by atoms with Crippen molar-refractivity contribution in [2.75, 3.05) is 13.2 Å². The van der Waals surface area contributed by atoms with Gasteiger partial charge in [-0.2, -0.15) is 0 Å². The Morgan fingerprint density at radius 2 is 2.44 bits per heavy atom. The second-order valence-electron chi connectivity index (χ2n) is 4.20. The van der Waals surface area contributed by atoms with Crippen molar-refractivity contribution in [3.8, 4) is 0 Å². The first kappa shape index (κ1) is 11.6. The quantitative estimate of drug-likeness (QED) is 0.829. The first-order valence-corrected chi connectivity index (χ1v) is 6.13. The van der Waals surface area contributed by atoms with Crippen molar-refractivity contribution in [1.82, 2.24) is 10.3 Å². The normalized spacial score (nSPS) is 21.2. The fourth-order valence-corrected chi connectivity index (χ4v) is 2.02. The van der Waals surface area contributed by atoms with E-state index in [4.69, 9.17) is 9.15 Å². The van der Waals surface area contributed by atoms with Gasteiger partial charge in [-0.25, -0.2) is 4.98 Å². The summed E-state index contributed by atoms with van der Waals surface area (Å²) in [6, 6.07) is 0. The predicted octanol–water partition coefficient (Wildman–Crippen LogP) is 1.90. The summed E-state index contributed by atoms with van der Waals surface area (Å²) >= 11 is 0. The molecule has 1 aliphatic heterocycles. The highest BCUT2D eigenvalue weighted by atomic mass is 16.5. The molecule has 0 radical (unpaired) electrons. The number of hydrogen-bond acceptors (Lipinski definition) is 4. The second-order valence-corrected chi connectivity index (χ2v) is 4.20. The lowest BCUT2D eigenvalue weighted by molar-refractivity contribution is 0.0138. The molecule has 1 fully saturated rings. The van der Waals surface area contributed by atoms with Crippen molar-refractivity contribution >= 4 is 0 Å². The molecule has 1 aromatic rings. The maximum Gasteiger partial charge on any atom is 0.181 e. The molecule has 4 nitrogen and oxygen atoms in total. The Bertz CT molecular complexity index is 306. The second kappa shape index (κ2) is 6.01. The summed E-state index contributed by atoms with van der Waals surface area (Å²) in [4.78, 5) is 4.23. The molecule has 16 heavy (non-hydrogen) atoms. The zero-order chi connectivity index (χ0) is 11.2. The van der Waals surface area contributed by atoms with Crippen LogP contribution in [0, 0.1) is 0 Å². The fourth-order valence-electron chi connectivity index (χ4n) is 2.02. The molecule has 0 aliphatic carbocycles. The lowest BCUT2D eigenvalue weighted by Crippen LogP contribution is -2.22. The average Bonchev–Trinajstić information content (AvgIpc) is 2.75. The summed E-state index contributed by atoms with van der Waals surface area (Å²) in [5.74, 6) is 0.979. The van der Waals surface area contributed by atoms with Crippen LogP contribution in [0.3, 0.4) is 0 Å². The Morgan fingerprint density at radius 3 is 3.19 bits per heavy atom. The number of nitrogens with zero attached hydrogens (tertiary/aromatic N) is 1. The van der Waals surface area contributed by atoms with E-state index in [0.29, 0.717) is 6.10 Å². The topological polar surface area (TPSA) is 47.3 Å². The van der Waals surface area contributed by atoms with Crippen LogP contribution in [0.2, 0.25) is 0 Å². The molecule has 0 amide bonds. The molecular formula is C12H20N2O2. The van der Waals surface area contributed by atoms with Crippen molar-refractivity contribution in [3.63, 3.8) is 0 Å². The van der Waals surface area contributed by atoms with Crippen LogP contribution in [0.5, 0.6) is 0 Å². The van der Waals surface area contributed by atoms with Gasteiger partial charge in [0.25, 0.3) is 0 Å². The zero-order valence-corrected chi connectivity index (χ0v) is 9.87. The molecule has 90 valence electrons. The lowest BCUT2D eigenvalue weighted by Gasteiger charge is -2.21. The van der Waals surface area contributed by atoms with Crippen LogP contribution < -0.4 is 5.32 Å². The van der Waals surface area contributed by atoms with Gasteiger partial charge in [0.15, 0.2) is 6.39 Å². The van der Waals surface area contributed by atoms with Gasteiger partial charge in [-0.1, -0.05) is 6.92 Å². The van der Waals surface area contributed by atoms with Crippen LogP contribution in [0.4, 0.5) is 0 Å². The maximum absolute atomic E-state index is 5.70. The highest BCUT2D eigenvalue weighted by Crippen LogP contribution is 2.19. The van der Waals surface area contributed by atoms with E-state index >= 15 is 0 Å². The van der Waals surface area contributed by atoms with Crippen LogP contribution in [0.25, 0.3) is 0 Å². The van der Waals surface area contributed by atoms with E-state index in [9.17, 15) is 0 Å². The van der Waals surface area contributed by atoms with E-state index in [1.165, 1.54) is 19.2 Å². The van der Waals surface area contributed by atoms with Crippen LogP contribution >= 0.6 is 0 Å². The van der Waals surface area contributed by atoms with E-state index in [1.54, 1.807) is 0 Å². The Kier molecular flexibility index (Phi) is 4.36. The number of ether oxygens (including phenoxy) is 1. The molecule has 1 N–H and O–H groups in total. The molecule has 4 heteroatoms. The molecule has 1 aliphatic rings. The number of oxazole rings is 1. The van der Waals surface area contributed by atoms with Gasteiger partial charge in [-0.3, -0.25) is 0 Å². The van der Waals surface area contributed by atoms with E-state index in [2.05, 4.69) is 17.2 Å². The van der Waals surface area contributed by atoms with E-state index in [1.807, 2.05) is 0 Å². The molecule has 2 rings (SSSR count). The largest absolute Gasteiger partial charge is 0.448 e. The van der Waals surface area contributed by atoms with Crippen molar-refractivity contribution in [2.24, 2.45) is 0 Å². The van der Waals surface area contributed by atoms with Crippen LogP contribution in [0.15, 0.2) is 10.8 Å².